The monoisotopic (exact) mass is 1080 g/mol. The molecule has 0 aliphatic rings. The number of nitrogens with one attached hydrogen (secondary N) is 3. The lowest BCUT2D eigenvalue weighted by atomic mass is 10.0. The van der Waals surface area contributed by atoms with Gasteiger partial charge in [-0.2, -0.15) is 23.5 Å². The van der Waals surface area contributed by atoms with Crippen molar-refractivity contribution in [1.82, 2.24) is 16.0 Å². The normalized spacial score (nSPS) is 12.5. The van der Waals surface area contributed by atoms with Crippen LogP contribution in [0.15, 0.2) is 0 Å². The van der Waals surface area contributed by atoms with E-state index in [-0.39, 0.29) is 23.6 Å². The van der Waals surface area contributed by atoms with E-state index in [4.69, 9.17) is 20.3 Å². The van der Waals surface area contributed by atoms with E-state index in [0.717, 1.165) is 32.8 Å². The van der Waals surface area contributed by atoms with Crippen LogP contribution in [0.3, 0.4) is 0 Å². The second-order valence-electron chi connectivity index (χ2n) is 18.7. The molecule has 0 aromatic heterocycles. The summed E-state index contributed by atoms with van der Waals surface area (Å²) in [6.07, 6.45) is 35.3. The Morgan fingerprint density at radius 3 is 1.11 bits per heavy atom. The standard InChI is InChI=1S/C28H52N2O7S.C26H50N2O6S/c1-4-5-6-7-8-9-10-11-12-13-14-15-16-18-26(33)37-19-17-20-38-22-25(29-23(2)32)27(34)30-24(21-31)28(35)36-3;1-3-4-5-6-7-8-9-10-11-12-13-14-15-17-24(30)34-18-16-19-35-21-22(27)25(31)28-23(20-29)26(32)33-2/h24-25,31H,4-22H2,1-3H3,(H,29,32)(H,30,34);22-23,29H,3-21,27H2,1-2H3,(H,28,31)/t24-,25-;22-,23-/m00/s1. The average molecular weight is 1080 g/mol. The highest BCUT2D eigenvalue weighted by Gasteiger charge is 2.27. The van der Waals surface area contributed by atoms with Gasteiger partial charge in [0.15, 0.2) is 12.1 Å². The van der Waals surface area contributed by atoms with Crippen LogP contribution in [0.4, 0.5) is 0 Å². The van der Waals surface area contributed by atoms with Crippen molar-refractivity contribution >= 4 is 65.1 Å². The van der Waals surface area contributed by atoms with Crippen molar-refractivity contribution in [3.05, 3.63) is 0 Å². The van der Waals surface area contributed by atoms with Gasteiger partial charge in [-0.15, -0.1) is 0 Å². The van der Waals surface area contributed by atoms with Crippen LogP contribution in [-0.4, -0.2) is 140 Å². The number of unbranched alkanes of at least 4 members (excludes halogenated alkanes) is 24. The molecule has 73 heavy (non-hydrogen) atoms. The van der Waals surface area contributed by atoms with Gasteiger partial charge in [-0.05, 0) is 37.2 Å². The maximum absolute atomic E-state index is 12.4. The predicted molar refractivity (Wildman–Crippen MR) is 294 cm³/mol. The van der Waals surface area contributed by atoms with Crippen molar-refractivity contribution < 1.29 is 62.7 Å². The average Bonchev–Trinajstić information content (AvgIpc) is 3.38. The van der Waals surface area contributed by atoms with Crippen LogP contribution in [-0.2, 0) is 52.5 Å². The Hall–Kier alpha value is -3.13. The molecule has 0 aromatic carbocycles. The van der Waals surface area contributed by atoms with E-state index in [2.05, 4.69) is 39.3 Å². The molecule has 0 aliphatic carbocycles. The van der Waals surface area contributed by atoms with E-state index in [1.807, 2.05) is 0 Å². The third kappa shape index (κ3) is 47.1. The second-order valence-corrected chi connectivity index (χ2v) is 21.0. The van der Waals surface area contributed by atoms with Gasteiger partial charge in [0.2, 0.25) is 17.7 Å². The van der Waals surface area contributed by atoms with Gasteiger partial charge in [-0.3, -0.25) is 24.0 Å². The zero-order chi connectivity index (χ0) is 54.6. The molecule has 0 saturated carbocycles. The topological polar surface area (TPSA) is 259 Å². The van der Waals surface area contributed by atoms with Crippen molar-refractivity contribution in [3.63, 3.8) is 0 Å². The maximum Gasteiger partial charge on any atom is 0.330 e. The molecular formula is C54H102N4O13S2. The van der Waals surface area contributed by atoms with Crippen LogP contribution >= 0.6 is 23.5 Å². The van der Waals surface area contributed by atoms with Gasteiger partial charge in [0.25, 0.3) is 0 Å². The zero-order valence-corrected chi connectivity index (χ0v) is 47.6. The summed E-state index contributed by atoms with van der Waals surface area (Å²) in [5.74, 6) is -1.33. The smallest absolute Gasteiger partial charge is 0.330 e. The highest BCUT2D eigenvalue weighted by Crippen LogP contribution is 2.15. The molecule has 0 aromatic rings. The molecule has 19 heteroatoms. The molecule has 0 aliphatic heterocycles. The van der Waals surface area contributed by atoms with Crippen molar-refractivity contribution in [3.8, 4) is 0 Å². The molecular weight excluding hydrogens is 977 g/mol. The number of aliphatic hydroxyl groups is 2. The van der Waals surface area contributed by atoms with Crippen LogP contribution < -0.4 is 21.7 Å². The van der Waals surface area contributed by atoms with Crippen LogP contribution in [0.1, 0.15) is 213 Å². The lowest BCUT2D eigenvalue weighted by Gasteiger charge is -2.20. The summed E-state index contributed by atoms with van der Waals surface area (Å²) in [5, 5.41) is 25.7. The quantitative estimate of drug-likeness (QED) is 0.0190. The fraction of sp³-hybridized carbons (Fsp3) is 0.870. The number of rotatable bonds is 49. The predicted octanol–water partition coefficient (Wildman–Crippen LogP) is 8.40. The maximum atomic E-state index is 12.4. The van der Waals surface area contributed by atoms with E-state index in [9.17, 15) is 38.7 Å². The number of nitrogens with two attached hydrogens (primary N) is 1. The van der Waals surface area contributed by atoms with Gasteiger partial charge in [0.1, 0.15) is 6.04 Å². The number of methoxy groups -OCH3 is 2. The number of esters is 4. The highest BCUT2D eigenvalue weighted by molar-refractivity contribution is 7.99. The first-order valence-electron chi connectivity index (χ1n) is 27.8. The molecule has 4 atom stereocenters. The minimum atomic E-state index is -1.19. The Balaban J connectivity index is 0. The SMILES string of the molecule is CCCCCCCCCCCCCCCC(=O)OCCCSC[C@H](N)C(=O)N[C@@H](CO)C(=O)OC.CCCCCCCCCCCCCCCC(=O)OCCCSC[C@H](NC(C)=O)C(=O)N[C@@H](CO)C(=O)OC. The van der Waals surface area contributed by atoms with Crippen LogP contribution in [0, 0.1) is 0 Å². The van der Waals surface area contributed by atoms with E-state index >= 15 is 0 Å². The van der Waals surface area contributed by atoms with Crippen molar-refractivity contribution in [2.75, 3.05) is 63.7 Å². The summed E-state index contributed by atoms with van der Waals surface area (Å²) >= 11 is 2.90. The van der Waals surface area contributed by atoms with Crippen molar-refractivity contribution in [1.29, 1.82) is 0 Å². The Bertz CT molecular complexity index is 1400. The van der Waals surface area contributed by atoms with E-state index in [0.29, 0.717) is 56.2 Å². The molecule has 3 amide bonds. The minimum absolute atomic E-state index is 0.146. The first kappa shape index (κ1) is 71.9. The molecule has 0 unspecified atom stereocenters. The molecule has 0 saturated heterocycles. The molecule has 17 nitrogen and oxygen atoms in total. The number of aliphatic hydroxyl groups excluding tert-OH is 2. The number of amides is 3. The molecule has 7 N–H and O–H groups in total. The van der Waals surface area contributed by atoms with E-state index in [1.165, 1.54) is 179 Å². The number of carbonyl (C=O) groups is 7. The summed E-state index contributed by atoms with van der Waals surface area (Å²) in [5.41, 5.74) is 5.81. The Morgan fingerprint density at radius 1 is 0.452 bits per heavy atom. The van der Waals surface area contributed by atoms with Gasteiger partial charge in [-0.25, -0.2) is 9.59 Å². The van der Waals surface area contributed by atoms with Crippen molar-refractivity contribution in [2.45, 2.75) is 238 Å². The minimum Gasteiger partial charge on any atom is -0.467 e. The summed E-state index contributed by atoms with van der Waals surface area (Å²) in [6.45, 7) is 5.32. The van der Waals surface area contributed by atoms with Crippen LogP contribution in [0.25, 0.3) is 0 Å². The molecule has 428 valence electrons. The number of ether oxygens (including phenoxy) is 4. The molecule has 0 spiro atoms. The van der Waals surface area contributed by atoms with Crippen molar-refractivity contribution in [2.24, 2.45) is 5.73 Å². The summed E-state index contributed by atoms with van der Waals surface area (Å²) in [4.78, 5) is 82.5. The van der Waals surface area contributed by atoms with Gasteiger partial charge < -0.3 is 50.8 Å². The Morgan fingerprint density at radius 2 is 0.781 bits per heavy atom. The zero-order valence-electron chi connectivity index (χ0n) is 46.0. The Kier molecular flexibility index (Phi) is 52.9. The van der Waals surface area contributed by atoms with Gasteiger partial charge in [-0.1, -0.05) is 168 Å². The van der Waals surface area contributed by atoms with E-state index in [1.54, 1.807) is 0 Å². The molecule has 0 radical (unpaired) electrons. The fourth-order valence-corrected chi connectivity index (χ4v) is 9.37. The Labute approximate surface area is 448 Å². The van der Waals surface area contributed by atoms with Gasteiger partial charge in [0.05, 0.1) is 46.7 Å². The number of carbonyl (C=O) groups excluding carboxylic acids is 7. The highest BCUT2D eigenvalue weighted by atomic mass is 32.2. The first-order valence-corrected chi connectivity index (χ1v) is 30.1. The molecule has 0 rings (SSSR count). The van der Waals surface area contributed by atoms with Gasteiger partial charge in [0, 0.05) is 31.3 Å². The lowest BCUT2D eigenvalue weighted by molar-refractivity contribution is -0.146. The summed E-state index contributed by atoms with van der Waals surface area (Å²) in [7, 11) is 2.34. The third-order valence-electron chi connectivity index (χ3n) is 11.9. The fourth-order valence-electron chi connectivity index (χ4n) is 7.52. The van der Waals surface area contributed by atoms with Gasteiger partial charge >= 0.3 is 23.9 Å². The first-order chi connectivity index (χ1) is 35.3. The van der Waals surface area contributed by atoms with Crippen LogP contribution in [0.5, 0.6) is 0 Å². The number of hydrogen-bond donors (Lipinski definition) is 6. The number of thioether (sulfide) groups is 2. The molecule has 0 heterocycles. The largest absolute Gasteiger partial charge is 0.467 e. The third-order valence-corrected chi connectivity index (χ3v) is 14.3. The lowest BCUT2D eigenvalue weighted by Crippen LogP contribution is -2.53. The number of hydrogen-bond acceptors (Lipinski definition) is 16. The summed E-state index contributed by atoms with van der Waals surface area (Å²) < 4.78 is 19.6. The summed E-state index contributed by atoms with van der Waals surface area (Å²) in [6, 6.07) is -3.98. The van der Waals surface area contributed by atoms with E-state index < -0.39 is 61.1 Å². The van der Waals surface area contributed by atoms with Crippen LogP contribution in [0.2, 0.25) is 0 Å². The molecule has 0 fully saturated rings. The molecule has 0 bridgehead atoms. The second kappa shape index (κ2) is 53.7.